The van der Waals surface area contributed by atoms with E-state index in [4.69, 9.17) is 4.52 Å². The normalized spacial score (nSPS) is 18.7. The average molecular weight is 288 g/mol. The number of carbonyl (C=O) groups excluding carboxylic acids is 1. The Hall–Kier alpha value is -2.11. The summed E-state index contributed by atoms with van der Waals surface area (Å²) in [4.78, 5) is 14.4. The third kappa shape index (κ3) is 2.57. The van der Waals surface area contributed by atoms with E-state index in [1.165, 1.54) is 0 Å². The fourth-order valence-corrected chi connectivity index (χ4v) is 2.73. The predicted molar refractivity (Wildman–Crippen MR) is 76.8 cm³/mol. The summed E-state index contributed by atoms with van der Waals surface area (Å²) in [6.07, 6.45) is 3.68. The predicted octanol–water partition coefficient (Wildman–Crippen LogP) is 2.51. The molecule has 2 aromatic rings. The minimum Gasteiger partial charge on any atom is -0.361 e. The van der Waals surface area contributed by atoms with E-state index in [9.17, 15) is 4.79 Å². The largest absolute Gasteiger partial charge is 0.361 e. The second-order valence-electron chi connectivity index (χ2n) is 5.84. The minimum atomic E-state index is -0.0350. The maximum Gasteiger partial charge on any atom is 0.274 e. The lowest BCUT2D eigenvalue weighted by molar-refractivity contribution is 0.0724. The van der Waals surface area contributed by atoms with E-state index in [1.807, 2.05) is 18.0 Å². The standard InChI is InChI=1S/C15H20N4O2/c1-10(2)14-9-12(17-21-14)13-5-4-7-19(13)15(20)11-6-8-18(3)16-11/h6,8-10,13H,4-5,7H2,1-3H3/t13-/m0/s1. The lowest BCUT2D eigenvalue weighted by Gasteiger charge is -2.21. The number of hydrogen-bond acceptors (Lipinski definition) is 4. The van der Waals surface area contributed by atoms with Gasteiger partial charge in [-0.25, -0.2) is 0 Å². The maximum atomic E-state index is 12.6. The monoisotopic (exact) mass is 288 g/mol. The van der Waals surface area contributed by atoms with Crippen LogP contribution < -0.4 is 0 Å². The molecule has 2 aromatic heterocycles. The molecule has 0 saturated carbocycles. The van der Waals surface area contributed by atoms with E-state index < -0.39 is 0 Å². The van der Waals surface area contributed by atoms with Crippen LogP contribution in [0.2, 0.25) is 0 Å². The molecule has 0 N–H and O–H groups in total. The molecule has 1 aliphatic heterocycles. The lowest BCUT2D eigenvalue weighted by atomic mass is 10.1. The summed E-state index contributed by atoms with van der Waals surface area (Å²) in [5.41, 5.74) is 1.33. The summed E-state index contributed by atoms with van der Waals surface area (Å²) in [7, 11) is 1.81. The highest BCUT2D eigenvalue weighted by Gasteiger charge is 2.33. The molecule has 1 atom stereocenters. The Bertz CT molecular complexity index is 644. The third-order valence-corrected chi connectivity index (χ3v) is 3.90. The van der Waals surface area contributed by atoms with Gasteiger partial charge in [-0.2, -0.15) is 5.10 Å². The van der Waals surface area contributed by atoms with E-state index in [1.54, 1.807) is 16.9 Å². The highest BCUT2D eigenvalue weighted by atomic mass is 16.5. The average Bonchev–Trinajstić information content (AvgIpc) is 3.17. The zero-order valence-corrected chi connectivity index (χ0v) is 12.6. The van der Waals surface area contributed by atoms with Gasteiger partial charge in [0.15, 0.2) is 0 Å². The van der Waals surface area contributed by atoms with Crippen molar-refractivity contribution in [3.63, 3.8) is 0 Å². The van der Waals surface area contributed by atoms with Gasteiger partial charge in [0.2, 0.25) is 0 Å². The summed E-state index contributed by atoms with van der Waals surface area (Å²) in [5, 5.41) is 8.35. The molecular weight excluding hydrogens is 268 g/mol. The Morgan fingerprint density at radius 1 is 1.48 bits per heavy atom. The number of likely N-dealkylation sites (tertiary alicyclic amines) is 1. The summed E-state index contributed by atoms with van der Waals surface area (Å²) in [6.45, 7) is 4.87. The zero-order chi connectivity index (χ0) is 15.0. The second-order valence-corrected chi connectivity index (χ2v) is 5.84. The van der Waals surface area contributed by atoms with Crippen molar-refractivity contribution >= 4 is 5.91 Å². The van der Waals surface area contributed by atoms with Gasteiger partial charge in [0.1, 0.15) is 17.1 Å². The molecule has 1 fully saturated rings. The summed E-state index contributed by atoms with van der Waals surface area (Å²) in [6, 6.07) is 3.72. The Morgan fingerprint density at radius 3 is 2.90 bits per heavy atom. The van der Waals surface area contributed by atoms with Gasteiger partial charge in [0.25, 0.3) is 5.91 Å². The summed E-state index contributed by atoms with van der Waals surface area (Å²) in [5.74, 6) is 1.13. The van der Waals surface area contributed by atoms with Crippen molar-refractivity contribution < 1.29 is 9.32 Å². The van der Waals surface area contributed by atoms with Crippen molar-refractivity contribution in [2.45, 2.75) is 38.6 Å². The van der Waals surface area contributed by atoms with Crippen LogP contribution in [0.25, 0.3) is 0 Å². The van der Waals surface area contributed by atoms with Crippen LogP contribution in [0.3, 0.4) is 0 Å². The Morgan fingerprint density at radius 2 is 2.29 bits per heavy atom. The van der Waals surface area contributed by atoms with E-state index in [0.29, 0.717) is 11.6 Å². The Labute approximate surface area is 123 Å². The number of rotatable bonds is 3. The van der Waals surface area contributed by atoms with Gasteiger partial charge in [0.05, 0.1) is 6.04 Å². The van der Waals surface area contributed by atoms with Crippen LogP contribution in [-0.4, -0.2) is 32.3 Å². The summed E-state index contributed by atoms with van der Waals surface area (Å²) < 4.78 is 7.01. The van der Waals surface area contributed by atoms with Gasteiger partial charge in [0, 0.05) is 31.8 Å². The first kappa shape index (κ1) is 13.9. The Kier molecular flexibility index (Phi) is 3.53. The molecule has 3 rings (SSSR count). The molecule has 0 aliphatic carbocycles. The van der Waals surface area contributed by atoms with Gasteiger partial charge in [-0.15, -0.1) is 0 Å². The first-order chi connectivity index (χ1) is 10.1. The fourth-order valence-electron chi connectivity index (χ4n) is 2.73. The SMILES string of the molecule is CC(C)c1cc([C@@H]2CCCN2C(=O)c2ccn(C)n2)no1. The number of nitrogens with zero attached hydrogens (tertiary/aromatic N) is 4. The van der Waals surface area contributed by atoms with Crippen molar-refractivity contribution in [2.24, 2.45) is 7.05 Å². The van der Waals surface area contributed by atoms with Crippen LogP contribution >= 0.6 is 0 Å². The van der Waals surface area contributed by atoms with Crippen LogP contribution in [0.4, 0.5) is 0 Å². The molecular formula is C15H20N4O2. The molecule has 0 spiro atoms. The highest BCUT2D eigenvalue weighted by molar-refractivity contribution is 5.92. The molecule has 1 aliphatic rings. The fraction of sp³-hybridized carbons (Fsp3) is 0.533. The van der Waals surface area contributed by atoms with E-state index in [0.717, 1.165) is 30.8 Å². The van der Waals surface area contributed by atoms with Crippen LogP contribution in [0.15, 0.2) is 22.9 Å². The minimum absolute atomic E-state index is 0.00393. The van der Waals surface area contributed by atoms with Crippen molar-refractivity contribution in [3.05, 3.63) is 35.5 Å². The first-order valence-electron chi connectivity index (χ1n) is 7.33. The van der Waals surface area contributed by atoms with E-state index >= 15 is 0 Å². The molecule has 1 amide bonds. The zero-order valence-electron chi connectivity index (χ0n) is 12.6. The molecule has 0 radical (unpaired) electrons. The Balaban J connectivity index is 1.83. The number of amides is 1. The van der Waals surface area contributed by atoms with Gasteiger partial charge in [-0.3, -0.25) is 9.48 Å². The number of aryl methyl sites for hydroxylation is 1. The van der Waals surface area contributed by atoms with Crippen LogP contribution in [0.1, 0.15) is 60.6 Å². The molecule has 6 heteroatoms. The van der Waals surface area contributed by atoms with Crippen LogP contribution in [0, 0.1) is 0 Å². The molecule has 1 saturated heterocycles. The maximum absolute atomic E-state index is 12.6. The van der Waals surface area contributed by atoms with Gasteiger partial charge < -0.3 is 9.42 Å². The van der Waals surface area contributed by atoms with Crippen molar-refractivity contribution in [3.8, 4) is 0 Å². The molecule has 3 heterocycles. The first-order valence-corrected chi connectivity index (χ1v) is 7.33. The molecule has 0 unspecified atom stereocenters. The molecule has 112 valence electrons. The topological polar surface area (TPSA) is 64.2 Å². The van der Waals surface area contributed by atoms with Crippen molar-refractivity contribution in [1.29, 1.82) is 0 Å². The van der Waals surface area contributed by atoms with Gasteiger partial charge >= 0.3 is 0 Å². The quantitative estimate of drug-likeness (QED) is 0.870. The molecule has 21 heavy (non-hydrogen) atoms. The van der Waals surface area contributed by atoms with Gasteiger partial charge in [-0.05, 0) is 18.9 Å². The number of hydrogen-bond donors (Lipinski definition) is 0. The highest BCUT2D eigenvalue weighted by Crippen LogP contribution is 2.33. The number of carbonyl (C=O) groups is 1. The number of aromatic nitrogens is 3. The lowest BCUT2D eigenvalue weighted by Crippen LogP contribution is -2.31. The van der Waals surface area contributed by atoms with Crippen molar-refractivity contribution in [1.82, 2.24) is 19.8 Å². The molecule has 0 bridgehead atoms. The van der Waals surface area contributed by atoms with E-state index in [-0.39, 0.29) is 11.9 Å². The molecule has 6 nitrogen and oxygen atoms in total. The van der Waals surface area contributed by atoms with Crippen LogP contribution in [0.5, 0.6) is 0 Å². The second kappa shape index (κ2) is 5.35. The van der Waals surface area contributed by atoms with E-state index in [2.05, 4.69) is 24.1 Å². The molecule has 0 aromatic carbocycles. The smallest absolute Gasteiger partial charge is 0.274 e. The van der Waals surface area contributed by atoms with Gasteiger partial charge in [-0.1, -0.05) is 19.0 Å². The van der Waals surface area contributed by atoms with Crippen LogP contribution in [-0.2, 0) is 7.05 Å². The third-order valence-electron chi connectivity index (χ3n) is 3.90. The van der Waals surface area contributed by atoms with Crippen molar-refractivity contribution in [2.75, 3.05) is 6.54 Å². The summed E-state index contributed by atoms with van der Waals surface area (Å²) >= 11 is 0.